The molecule has 0 saturated heterocycles. The standard InChI is InChI=1S/C11H11BrClF2NO2/c1-2-18-9(17)4-6-3-7(11(14)15)10(13)16-8(6)5-12/h3,11H,2,4-5H2,1H3. The topological polar surface area (TPSA) is 39.2 Å². The second-order valence-electron chi connectivity index (χ2n) is 3.39. The molecule has 0 saturated carbocycles. The van der Waals surface area contributed by atoms with Crippen molar-refractivity contribution in [1.29, 1.82) is 0 Å². The van der Waals surface area contributed by atoms with Crippen molar-refractivity contribution >= 4 is 33.5 Å². The van der Waals surface area contributed by atoms with E-state index < -0.39 is 12.4 Å². The molecular weight excluding hydrogens is 331 g/mol. The van der Waals surface area contributed by atoms with Crippen LogP contribution in [0.1, 0.15) is 30.2 Å². The van der Waals surface area contributed by atoms with Crippen molar-refractivity contribution in [3.63, 3.8) is 0 Å². The fraction of sp³-hybridized carbons (Fsp3) is 0.455. The summed E-state index contributed by atoms with van der Waals surface area (Å²) < 4.78 is 30.1. The van der Waals surface area contributed by atoms with Crippen LogP contribution < -0.4 is 0 Å². The van der Waals surface area contributed by atoms with Gasteiger partial charge < -0.3 is 4.74 Å². The molecule has 0 unspecified atom stereocenters. The number of aromatic nitrogens is 1. The summed E-state index contributed by atoms with van der Waals surface area (Å²) in [5.41, 5.74) is 0.475. The van der Waals surface area contributed by atoms with Crippen molar-refractivity contribution in [2.75, 3.05) is 6.61 Å². The van der Waals surface area contributed by atoms with Crippen LogP contribution in [0.5, 0.6) is 0 Å². The number of hydrogen-bond acceptors (Lipinski definition) is 3. The lowest BCUT2D eigenvalue weighted by Gasteiger charge is -2.10. The zero-order chi connectivity index (χ0) is 13.7. The largest absolute Gasteiger partial charge is 0.466 e. The van der Waals surface area contributed by atoms with E-state index in [1.165, 1.54) is 6.07 Å². The molecule has 1 heterocycles. The highest BCUT2D eigenvalue weighted by Crippen LogP contribution is 2.28. The number of carbonyl (C=O) groups is 1. The molecule has 0 radical (unpaired) electrons. The van der Waals surface area contributed by atoms with Gasteiger partial charge in [-0.15, -0.1) is 0 Å². The average molecular weight is 343 g/mol. The minimum atomic E-state index is -2.73. The molecule has 0 aliphatic rings. The number of ether oxygens (including phenoxy) is 1. The Balaban J connectivity index is 3.08. The van der Waals surface area contributed by atoms with Crippen LogP contribution in [0.4, 0.5) is 8.78 Å². The predicted octanol–water partition coefficient (Wildman–Crippen LogP) is 3.67. The van der Waals surface area contributed by atoms with Crippen molar-refractivity contribution in [3.05, 3.63) is 28.0 Å². The third kappa shape index (κ3) is 3.88. The molecule has 0 amide bonds. The van der Waals surface area contributed by atoms with Gasteiger partial charge in [0, 0.05) is 5.33 Å². The number of alkyl halides is 3. The first-order valence-electron chi connectivity index (χ1n) is 5.17. The van der Waals surface area contributed by atoms with E-state index in [1.54, 1.807) is 6.92 Å². The molecular formula is C11H11BrClF2NO2. The first kappa shape index (κ1) is 15.3. The number of carbonyl (C=O) groups excluding carboxylic acids is 1. The number of nitrogens with zero attached hydrogens (tertiary/aromatic N) is 1. The summed E-state index contributed by atoms with van der Waals surface area (Å²) in [6, 6.07) is 1.20. The maximum Gasteiger partial charge on any atom is 0.310 e. The smallest absolute Gasteiger partial charge is 0.310 e. The van der Waals surface area contributed by atoms with Crippen molar-refractivity contribution in [2.24, 2.45) is 0 Å². The molecule has 1 rings (SSSR count). The fourth-order valence-electron chi connectivity index (χ4n) is 1.37. The average Bonchev–Trinajstić information content (AvgIpc) is 2.30. The Morgan fingerprint density at radius 1 is 1.61 bits per heavy atom. The van der Waals surface area contributed by atoms with Crippen molar-refractivity contribution in [3.8, 4) is 0 Å². The van der Waals surface area contributed by atoms with Gasteiger partial charge in [0.05, 0.1) is 24.3 Å². The maximum atomic E-state index is 12.7. The van der Waals surface area contributed by atoms with E-state index in [4.69, 9.17) is 16.3 Å². The number of hydrogen-bond donors (Lipinski definition) is 0. The summed E-state index contributed by atoms with van der Waals surface area (Å²) in [7, 11) is 0. The molecule has 0 N–H and O–H groups in total. The van der Waals surface area contributed by atoms with Gasteiger partial charge in [0.1, 0.15) is 5.15 Å². The van der Waals surface area contributed by atoms with E-state index >= 15 is 0 Å². The van der Waals surface area contributed by atoms with Gasteiger partial charge in [-0.1, -0.05) is 27.5 Å². The van der Waals surface area contributed by atoms with Gasteiger partial charge in [-0.2, -0.15) is 0 Å². The Bertz CT molecular complexity index is 443. The molecule has 0 bridgehead atoms. The summed E-state index contributed by atoms with van der Waals surface area (Å²) in [6.45, 7) is 1.92. The molecule has 18 heavy (non-hydrogen) atoms. The van der Waals surface area contributed by atoms with E-state index in [1.807, 2.05) is 0 Å². The molecule has 0 aromatic carbocycles. The van der Waals surface area contributed by atoms with Crippen LogP contribution in [0.15, 0.2) is 6.07 Å². The lowest BCUT2D eigenvalue weighted by Crippen LogP contribution is -2.11. The van der Waals surface area contributed by atoms with Gasteiger partial charge in [-0.05, 0) is 18.6 Å². The Labute approximate surface area is 117 Å². The third-order valence-electron chi connectivity index (χ3n) is 2.17. The number of rotatable bonds is 5. The zero-order valence-electron chi connectivity index (χ0n) is 9.55. The van der Waals surface area contributed by atoms with Gasteiger partial charge in [-0.25, -0.2) is 13.8 Å². The van der Waals surface area contributed by atoms with Crippen LogP contribution in [0.2, 0.25) is 5.15 Å². The zero-order valence-corrected chi connectivity index (χ0v) is 11.9. The Morgan fingerprint density at radius 2 is 2.28 bits per heavy atom. The normalized spacial score (nSPS) is 10.8. The molecule has 3 nitrogen and oxygen atoms in total. The monoisotopic (exact) mass is 341 g/mol. The lowest BCUT2D eigenvalue weighted by atomic mass is 10.1. The van der Waals surface area contributed by atoms with E-state index in [0.717, 1.165) is 0 Å². The molecule has 0 aliphatic heterocycles. The van der Waals surface area contributed by atoms with E-state index in [-0.39, 0.29) is 23.7 Å². The molecule has 0 spiro atoms. The molecule has 0 aliphatic carbocycles. The molecule has 100 valence electrons. The first-order valence-corrected chi connectivity index (χ1v) is 6.67. The SMILES string of the molecule is CCOC(=O)Cc1cc(C(F)F)c(Cl)nc1CBr. The van der Waals surface area contributed by atoms with Crippen molar-refractivity contribution < 1.29 is 18.3 Å². The molecule has 1 aromatic heterocycles. The summed E-state index contributed by atoms with van der Waals surface area (Å²) in [6.07, 6.45) is -2.83. The highest BCUT2D eigenvalue weighted by Gasteiger charge is 2.18. The second kappa shape index (κ2) is 6.99. The Hall–Kier alpha value is -0.750. The van der Waals surface area contributed by atoms with Gasteiger partial charge in [0.15, 0.2) is 0 Å². The molecule has 0 fully saturated rings. The van der Waals surface area contributed by atoms with Crippen LogP contribution in [-0.4, -0.2) is 17.6 Å². The van der Waals surface area contributed by atoms with Gasteiger partial charge in [0.25, 0.3) is 6.43 Å². The number of pyridine rings is 1. The van der Waals surface area contributed by atoms with Crippen LogP contribution in [0.25, 0.3) is 0 Å². The highest BCUT2D eigenvalue weighted by molar-refractivity contribution is 9.08. The van der Waals surface area contributed by atoms with Crippen LogP contribution in [-0.2, 0) is 21.3 Å². The molecule has 7 heteroatoms. The van der Waals surface area contributed by atoms with Crippen LogP contribution in [0.3, 0.4) is 0 Å². The minimum Gasteiger partial charge on any atom is -0.466 e. The number of esters is 1. The van der Waals surface area contributed by atoms with Gasteiger partial charge in [-0.3, -0.25) is 4.79 Å². The summed E-state index contributed by atoms with van der Waals surface area (Å²) in [5.74, 6) is -0.482. The third-order valence-corrected chi connectivity index (χ3v) is 3.01. The molecule has 1 aromatic rings. The predicted molar refractivity (Wildman–Crippen MR) is 67.2 cm³/mol. The van der Waals surface area contributed by atoms with Crippen LogP contribution in [0, 0.1) is 0 Å². The maximum absolute atomic E-state index is 12.7. The summed E-state index contributed by atoms with van der Waals surface area (Å²) in [5, 5.41) is 0.0809. The number of halogens is 4. The Kier molecular flexibility index (Phi) is 5.95. The van der Waals surface area contributed by atoms with Crippen LogP contribution >= 0.6 is 27.5 Å². The van der Waals surface area contributed by atoms with Crippen molar-refractivity contribution in [2.45, 2.75) is 25.1 Å². The quantitative estimate of drug-likeness (QED) is 0.465. The van der Waals surface area contributed by atoms with E-state index in [2.05, 4.69) is 20.9 Å². The molecule has 0 atom stereocenters. The summed E-state index contributed by atoms with van der Waals surface area (Å²) in [4.78, 5) is 15.2. The van der Waals surface area contributed by atoms with E-state index in [9.17, 15) is 13.6 Å². The summed E-state index contributed by atoms with van der Waals surface area (Å²) >= 11 is 8.82. The minimum absolute atomic E-state index is 0.0985. The lowest BCUT2D eigenvalue weighted by molar-refractivity contribution is -0.142. The highest BCUT2D eigenvalue weighted by atomic mass is 79.9. The second-order valence-corrected chi connectivity index (χ2v) is 4.31. The van der Waals surface area contributed by atoms with Gasteiger partial charge in [0.2, 0.25) is 0 Å². The van der Waals surface area contributed by atoms with Crippen molar-refractivity contribution in [1.82, 2.24) is 4.98 Å². The first-order chi connectivity index (χ1) is 8.49. The van der Waals surface area contributed by atoms with Gasteiger partial charge >= 0.3 is 5.97 Å². The van der Waals surface area contributed by atoms with E-state index in [0.29, 0.717) is 16.6 Å². The Morgan fingerprint density at radius 3 is 2.78 bits per heavy atom. The fourth-order valence-corrected chi connectivity index (χ4v) is 2.10.